The minimum atomic E-state index is -0.430. The molecule has 3 aliphatic carbocycles. The number of aliphatic hydroxyl groups is 1. The summed E-state index contributed by atoms with van der Waals surface area (Å²) in [7, 11) is 1.66. The maximum atomic E-state index is 11.4. The fourth-order valence-corrected chi connectivity index (χ4v) is 7.03. The molecule has 0 aromatic heterocycles. The molecule has 0 unspecified atom stereocenters. The lowest BCUT2D eigenvalue weighted by atomic mass is 9.61. The number of allylic oxidation sites excluding steroid dienone is 4. The van der Waals surface area contributed by atoms with Crippen LogP contribution in [0.5, 0.6) is 0 Å². The van der Waals surface area contributed by atoms with E-state index in [1.807, 2.05) is 0 Å². The van der Waals surface area contributed by atoms with Crippen molar-refractivity contribution in [2.75, 3.05) is 13.9 Å². The van der Waals surface area contributed by atoms with Crippen molar-refractivity contribution in [3.63, 3.8) is 0 Å². The van der Waals surface area contributed by atoms with Crippen LogP contribution in [0.2, 0.25) is 0 Å². The summed E-state index contributed by atoms with van der Waals surface area (Å²) < 4.78 is 16.4. The molecule has 36 heavy (non-hydrogen) atoms. The monoisotopic (exact) mass is 502 g/mol. The number of aliphatic hydroxyl groups excluding tert-OH is 1. The minimum absolute atomic E-state index is 0.205. The van der Waals surface area contributed by atoms with E-state index in [0.717, 1.165) is 6.42 Å². The predicted molar refractivity (Wildman–Crippen MR) is 144 cm³/mol. The second kappa shape index (κ2) is 12.4. The number of hydrogen-bond donors (Lipinski definition) is 1. The Morgan fingerprint density at radius 1 is 1.19 bits per heavy atom. The predicted octanol–water partition coefficient (Wildman–Crippen LogP) is 6.76. The van der Waals surface area contributed by atoms with Gasteiger partial charge in [0.15, 0.2) is 0 Å². The van der Waals surface area contributed by atoms with Crippen LogP contribution in [0, 0.1) is 29.1 Å². The van der Waals surface area contributed by atoms with Gasteiger partial charge < -0.3 is 19.3 Å². The Bertz CT molecular complexity index is 840. The minimum Gasteiger partial charge on any atom is -0.462 e. The molecule has 7 atom stereocenters. The molecule has 3 aliphatic rings. The Hall–Kier alpha value is -1.43. The van der Waals surface area contributed by atoms with E-state index < -0.39 is 6.10 Å². The average molecular weight is 503 g/mol. The van der Waals surface area contributed by atoms with Crippen molar-refractivity contribution in [3.05, 3.63) is 35.5 Å². The molecule has 5 heteroatoms. The Balaban J connectivity index is 1.69. The van der Waals surface area contributed by atoms with Gasteiger partial charge in [-0.1, -0.05) is 56.2 Å². The first kappa shape index (κ1) is 29.1. The standard InChI is InChI=1S/C31H50O5/c1-21(10-11-22(2)30(4,5)35-20-34-7)28-14-15-29-25(9-8-16-31(28,29)6)13-12-24-17-26(33)19-27(18-24)36-23(3)32/h10-13,21-22,26-29,33H,8-9,14-20H2,1-7H3/b11-10+,24-12-,25-13+/t21-,22+,26-,27-,28-,29+,31-/m1/s1. The van der Waals surface area contributed by atoms with Gasteiger partial charge in [0.1, 0.15) is 12.9 Å². The summed E-state index contributed by atoms with van der Waals surface area (Å²) in [6.45, 7) is 13.2. The second-order valence-electron chi connectivity index (χ2n) is 12.4. The molecule has 0 bridgehead atoms. The Labute approximate surface area is 219 Å². The van der Waals surface area contributed by atoms with Gasteiger partial charge >= 0.3 is 5.97 Å². The number of fused-ring (bicyclic) bond motifs is 1. The van der Waals surface area contributed by atoms with E-state index in [2.05, 4.69) is 58.9 Å². The van der Waals surface area contributed by atoms with Gasteiger partial charge in [-0.3, -0.25) is 4.79 Å². The molecule has 0 aromatic rings. The van der Waals surface area contributed by atoms with Gasteiger partial charge in [0.2, 0.25) is 0 Å². The lowest BCUT2D eigenvalue weighted by Gasteiger charge is -2.44. The molecule has 0 aliphatic heterocycles. The van der Waals surface area contributed by atoms with Crippen molar-refractivity contribution in [2.45, 2.75) is 111 Å². The summed E-state index contributed by atoms with van der Waals surface area (Å²) in [6, 6.07) is 0. The Morgan fingerprint density at radius 3 is 2.64 bits per heavy atom. The summed E-state index contributed by atoms with van der Waals surface area (Å²) in [5.41, 5.74) is 2.83. The third-order valence-electron chi connectivity index (χ3n) is 9.41. The zero-order valence-corrected chi connectivity index (χ0v) is 23.7. The highest BCUT2D eigenvalue weighted by molar-refractivity contribution is 5.66. The first-order valence-corrected chi connectivity index (χ1v) is 14.0. The molecule has 3 saturated carbocycles. The van der Waals surface area contributed by atoms with Gasteiger partial charge in [-0.25, -0.2) is 0 Å². The molecule has 5 nitrogen and oxygen atoms in total. The summed E-state index contributed by atoms with van der Waals surface area (Å²) in [5, 5.41) is 10.3. The third kappa shape index (κ3) is 7.11. The van der Waals surface area contributed by atoms with Crippen LogP contribution in [-0.2, 0) is 19.0 Å². The lowest BCUT2D eigenvalue weighted by molar-refractivity contribution is -0.148. The highest BCUT2D eigenvalue weighted by atomic mass is 16.7. The maximum absolute atomic E-state index is 11.4. The number of hydrogen-bond acceptors (Lipinski definition) is 5. The molecular formula is C31H50O5. The molecule has 0 amide bonds. The fraction of sp³-hybridized carbons (Fsp3) is 0.774. The molecule has 204 valence electrons. The number of ether oxygens (including phenoxy) is 3. The normalized spacial score (nSPS) is 35.2. The highest BCUT2D eigenvalue weighted by Gasteiger charge is 2.50. The Kier molecular flexibility index (Phi) is 10.0. The first-order chi connectivity index (χ1) is 17.0. The van der Waals surface area contributed by atoms with E-state index in [1.54, 1.807) is 12.7 Å². The van der Waals surface area contributed by atoms with E-state index >= 15 is 0 Å². The van der Waals surface area contributed by atoms with E-state index in [-0.39, 0.29) is 17.7 Å². The fourth-order valence-electron chi connectivity index (χ4n) is 7.03. The SMILES string of the molecule is COCOC(C)(C)[C@@H](C)/C=C/[C@@H](C)[C@H]1CC[C@H]2/C(=C/C=C3/C[C@@H](O)C[C@H](OC(C)=O)C3)CCC[C@]12C. The summed E-state index contributed by atoms with van der Waals surface area (Å²) in [5.74, 6) is 1.86. The Morgan fingerprint density at radius 2 is 1.94 bits per heavy atom. The van der Waals surface area contributed by atoms with Crippen LogP contribution in [-0.4, -0.2) is 42.8 Å². The molecule has 0 radical (unpaired) electrons. The van der Waals surface area contributed by atoms with Crippen molar-refractivity contribution in [2.24, 2.45) is 29.1 Å². The van der Waals surface area contributed by atoms with Gasteiger partial charge in [-0.15, -0.1) is 0 Å². The van der Waals surface area contributed by atoms with Crippen molar-refractivity contribution in [1.82, 2.24) is 0 Å². The molecule has 0 saturated heterocycles. The molecule has 0 aromatic carbocycles. The van der Waals surface area contributed by atoms with Crippen LogP contribution < -0.4 is 0 Å². The van der Waals surface area contributed by atoms with Crippen LogP contribution >= 0.6 is 0 Å². The van der Waals surface area contributed by atoms with Crippen molar-refractivity contribution >= 4 is 5.97 Å². The number of methoxy groups -OCH3 is 1. The second-order valence-corrected chi connectivity index (χ2v) is 12.4. The summed E-state index contributed by atoms with van der Waals surface area (Å²) >= 11 is 0. The van der Waals surface area contributed by atoms with E-state index in [9.17, 15) is 9.90 Å². The zero-order chi connectivity index (χ0) is 26.5. The largest absolute Gasteiger partial charge is 0.462 e. The van der Waals surface area contributed by atoms with E-state index in [1.165, 1.54) is 44.6 Å². The zero-order valence-electron chi connectivity index (χ0n) is 23.7. The summed E-state index contributed by atoms with van der Waals surface area (Å²) in [4.78, 5) is 11.4. The molecule has 3 fully saturated rings. The van der Waals surface area contributed by atoms with E-state index in [0.29, 0.717) is 48.7 Å². The highest BCUT2D eigenvalue weighted by Crippen LogP contribution is 2.59. The quantitative estimate of drug-likeness (QED) is 0.214. The van der Waals surface area contributed by atoms with Crippen molar-refractivity contribution < 1.29 is 24.1 Å². The van der Waals surface area contributed by atoms with Gasteiger partial charge in [0, 0.05) is 32.8 Å². The topological polar surface area (TPSA) is 65.0 Å². The van der Waals surface area contributed by atoms with Gasteiger partial charge in [0.25, 0.3) is 0 Å². The van der Waals surface area contributed by atoms with Gasteiger partial charge in [-0.05, 0) is 75.5 Å². The molecular weight excluding hydrogens is 452 g/mol. The number of carbonyl (C=O) groups is 1. The van der Waals surface area contributed by atoms with Crippen LogP contribution in [0.15, 0.2) is 35.5 Å². The number of esters is 1. The van der Waals surface area contributed by atoms with Crippen molar-refractivity contribution in [3.8, 4) is 0 Å². The molecule has 0 spiro atoms. The maximum Gasteiger partial charge on any atom is 0.302 e. The van der Waals surface area contributed by atoms with Gasteiger partial charge in [0.05, 0.1) is 11.7 Å². The average Bonchev–Trinajstić information content (AvgIpc) is 3.16. The molecule has 1 N–H and O–H groups in total. The first-order valence-electron chi connectivity index (χ1n) is 14.0. The van der Waals surface area contributed by atoms with Crippen LogP contribution in [0.4, 0.5) is 0 Å². The number of carbonyl (C=O) groups excluding carboxylic acids is 1. The van der Waals surface area contributed by atoms with Crippen LogP contribution in [0.25, 0.3) is 0 Å². The smallest absolute Gasteiger partial charge is 0.302 e. The van der Waals surface area contributed by atoms with Gasteiger partial charge in [-0.2, -0.15) is 0 Å². The van der Waals surface area contributed by atoms with Crippen LogP contribution in [0.3, 0.4) is 0 Å². The van der Waals surface area contributed by atoms with Crippen LogP contribution in [0.1, 0.15) is 92.9 Å². The third-order valence-corrected chi connectivity index (χ3v) is 9.41. The van der Waals surface area contributed by atoms with E-state index in [4.69, 9.17) is 14.2 Å². The molecule has 0 heterocycles. The van der Waals surface area contributed by atoms with Crippen molar-refractivity contribution in [1.29, 1.82) is 0 Å². The molecule has 3 rings (SSSR count). The number of rotatable bonds is 9. The lowest BCUT2D eigenvalue weighted by Crippen LogP contribution is -2.36. The summed E-state index contributed by atoms with van der Waals surface area (Å²) in [6.07, 6.45) is 16.9.